The summed E-state index contributed by atoms with van der Waals surface area (Å²) in [4.78, 5) is 60.0. The molecule has 0 amide bonds. The topological polar surface area (TPSA) is 234 Å². The predicted molar refractivity (Wildman–Crippen MR) is 33.7 cm³/mol. The molecule has 106 valence electrons. The fraction of sp³-hybridized carbons (Fsp3) is 0. The summed E-state index contributed by atoms with van der Waals surface area (Å²) in [5.74, 6) is 0. The van der Waals surface area contributed by atoms with E-state index in [4.69, 9.17) is 0 Å². The summed E-state index contributed by atoms with van der Waals surface area (Å²) in [6.45, 7) is 0. The van der Waals surface area contributed by atoms with Crippen LogP contribution in [-0.4, -0.2) is 0 Å². The standard InChI is InChI=1S/Fe.H6O13P4/c;1-14(2,3)11-16(7,8)13-17(9,10)12-15(4,5)6/h;(H,7,8)(H,9,10)(H2,1,2,3)(H2,4,5,6)/q+6;/p-6. The van der Waals surface area contributed by atoms with Crippen molar-refractivity contribution in [2.75, 3.05) is 0 Å². The third kappa shape index (κ3) is 12.1. The average Bonchev–Trinajstić information content (AvgIpc) is 1.65. The second-order valence-electron chi connectivity index (χ2n) is 2.03. The Morgan fingerprint density at radius 1 is 0.556 bits per heavy atom. The zero-order valence-electron chi connectivity index (χ0n) is 7.45. The monoisotopic (exact) mass is 388 g/mol. The number of hydrogen-bond acceptors (Lipinski definition) is 13. The molecule has 0 saturated heterocycles. The van der Waals surface area contributed by atoms with Crippen molar-refractivity contribution in [2.24, 2.45) is 0 Å². The maximum absolute atomic E-state index is 10.4. The van der Waals surface area contributed by atoms with Crippen molar-refractivity contribution in [2.45, 2.75) is 0 Å². The molecule has 0 bridgehead atoms. The van der Waals surface area contributed by atoms with Gasteiger partial charge in [0.25, 0.3) is 15.6 Å². The minimum Gasteiger partial charge on any atom is -0.790 e. The van der Waals surface area contributed by atoms with Crippen LogP contribution in [0, 0.1) is 0 Å². The van der Waals surface area contributed by atoms with Crippen LogP contribution in [0.3, 0.4) is 0 Å². The van der Waals surface area contributed by atoms with Crippen molar-refractivity contribution in [3.05, 3.63) is 0 Å². The summed E-state index contributed by atoms with van der Waals surface area (Å²) in [5.41, 5.74) is 0. The van der Waals surface area contributed by atoms with Gasteiger partial charge in [-0.2, -0.15) is 0 Å². The molecule has 18 heavy (non-hydrogen) atoms. The van der Waals surface area contributed by atoms with Crippen LogP contribution in [0.2, 0.25) is 0 Å². The number of phosphoric acid groups is 4. The fourth-order valence-electron chi connectivity index (χ4n) is 0.397. The first-order valence-electron chi connectivity index (χ1n) is 2.92. The summed E-state index contributed by atoms with van der Waals surface area (Å²) >= 11 is 0. The quantitative estimate of drug-likeness (QED) is 0.309. The minimum absolute atomic E-state index is 0. The van der Waals surface area contributed by atoms with Gasteiger partial charge in [0.1, 0.15) is 0 Å². The Balaban J connectivity index is 0. The van der Waals surface area contributed by atoms with E-state index < -0.39 is 31.3 Å². The Kier molecular flexibility index (Phi) is 7.94. The zero-order valence-corrected chi connectivity index (χ0v) is 12.1. The maximum atomic E-state index is 10.4. The molecule has 0 N–H and O–H groups in total. The molecule has 0 aliphatic carbocycles. The molecule has 2 unspecified atom stereocenters. The van der Waals surface area contributed by atoms with Crippen LogP contribution in [0.1, 0.15) is 0 Å². The first-order chi connectivity index (χ1) is 7.12. The molecule has 0 spiro atoms. The molecule has 0 aromatic heterocycles. The van der Waals surface area contributed by atoms with Crippen LogP contribution in [-0.2, 0) is 48.3 Å². The fourth-order valence-corrected chi connectivity index (χ4v) is 4.11. The second kappa shape index (κ2) is 6.69. The SMILES string of the molecule is O=P([O-])([O-])OP(=O)([O-])OP(=O)([O-])OP(=O)([O-])[O-].[Fe+6]. The first kappa shape index (κ1) is 21.4. The largest absolute Gasteiger partial charge is 6.00 e. The maximum Gasteiger partial charge on any atom is 6.00 e. The van der Waals surface area contributed by atoms with Crippen molar-refractivity contribution in [3.63, 3.8) is 0 Å². The van der Waals surface area contributed by atoms with E-state index in [-0.39, 0.29) is 17.1 Å². The first-order valence-corrected chi connectivity index (χ1v) is 8.76. The molecule has 13 nitrogen and oxygen atoms in total. The molecule has 0 heterocycles. The van der Waals surface area contributed by atoms with Crippen LogP contribution >= 0.6 is 31.3 Å². The van der Waals surface area contributed by atoms with Crippen LogP contribution in [0.5, 0.6) is 0 Å². The van der Waals surface area contributed by atoms with Gasteiger partial charge in [-0.25, -0.2) is 4.31 Å². The predicted octanol–water partition coefficient (Wildman–Crippen LogP) is -4.37. The average molecular weight is 388 g/mol. The van der Waals surface area contributed by atoms with Crippen molar-refractivity contribution in [1.29, 1.82) is 0 Å². The van der Waals surface area contributed by atoms with E-state index in [0.29, 0.717) is 0 Å². The molecule has 2 atom stereocenters. The molecule has 0 fully saturated rings. The molecule has 0 aliphatic heterocycles. The summed E-state index contributed by atoms with van der Waals surface area (Å²) in [5, 5.41) is 0. The smallest absolute Gasteiger partial charge is 0.790 e. The summed E-state index contributed by atoms with van der Waals surface area (Å²) in [6.07, 6.45) is 0. The van der Waals surface area contributed by atoms with Crippen molar-refractivity contribution in [1.82, 2.24) is 0 Å². The Bertz CT molecular complexity index is 408. The molecular weight excluding hydrogens is 388 g/mol. The van der Waals surface area contributed by atoms with Gasteiger partial charge in [0.05, 0.1) is 15.6 Å². The van der Waals surface area contributed by atoms with Gasteiger partial charge in [-0.15, -0.1) is 0 Å². The molecule has 0 rings (SSSR count). The Hall–Kier alpha value is 1.08. The Labute approximate surface area is 109 Å². The molecule has 0 saturated carbocycles. The summed E-state index contributed by atoms with van der Waals surface area (Å²) < 4.78 is 48.5. The van der Waals surface area contributed by atoms with Crippen molar-refractivity contribution in [3.8, 4) is 0 Å². The number of rotatable bonds is 6. The number of hydrogen-bond donors (Lipinski definition) is 0. The Morgan fingerprint density at radius 3 is 0.944 bits per heavy atom. The van der Waals surface area contributed by atoms with E-state index in [1.165, 1.54) is 0 Å². The molecule has 0 radical (unpaired) electrons. The zero-order chi connectivity index (χ0) is 14.1. The second-order valence-corrected chi connectivity index (χ2v) is 7.57. The molecule has 0 aliphatic rings. The van der Waals surface area contributed by atoms with Gasteiger partial charge >= 0.3 is 17.1 Å². The van der Waals surface area contributed by atoms with Crippen LogP contribution in [0.25, 0.3) is 0 Å². The molecule has 0 aromatic rings. The van der Waals surface area contributed by atoms with Crippen LogP contribution in [0.4, 0.5) is 0 Å². The van der Waals surface area contributed by atoms with Gasteiger partial charge in [-0.05, 0) is 0 Å². The van der Waals surface area contributed by atoms with E-state index in [1.54, 1.807) is 0 Å². The Morgan fingerprint density at radius 2 is 0.778 bits per heavy atom. The third-order valence-electron chi connectivity index (χ3n) is 0.600. The van der Waals surface area contributed by atoms with Gasteiger partial charge in [-0.1, -0.05) is 0 Å². The van der Waals surface area contributed by atoms with Crippen LogP contribution < -0.4 is 29.4 Å². The van der Waals surface area contributed by atoms with Crippen molar-refractivity contribution >= 4 is 31.3 Å². The van der Waals surface area contributed by atoms with Gasteiger partial charge < -0.3 is 38.5 Å². The summed E-state index contributed by atoms with van der Waals surface area (Å²) in [7, 11) is -24.9. The van der Waals surface area contributed by atoms with E-state index in [0.717, 1.165) is 0 Å². The minimum atomic E-state index is -6.26. The van der Waals surface area contributed by atoms with E-state index in [2.05, 4.69) is 12.9 Å². The molecule has 18 heteroatoms. The van der Waals surface area contributed by atoms with Gasteiger partial charge in [0.15, 0.2) is 0 Å². The molecular formula is FeO13P4. The third-order valence-corrected chi connectivity index (χ3v) is 5.40. The van der Waals surface area contributed by atoms with E-state index >= 15 is 0 Å². The van der Waals surface area contributed by atoms with Gasteiger partial charge in [0, 0.05) is 0 Å². The normalized spacial score (nSPS) is 19.4. The van der Waals surface area contributed by atoms with Gasteiger partial charge in [0.2, 0.25) is 0 Å². The van der Waals surface area contributed by atoms with E-state index in [9.17, 15) is 47.6 Å². The van der Waals surface area contributed by atoms with E-state index in [1.807, 2.05) is 0 Å². The van der Waals surface area contributed by atoms with Crippen LogP contribution in [0.15, 0.2) is 0 Å². The van der Waals surface area contributed by atoms with Crippen molar-refractivity contribution < 1.29 is 77.6 Å². The molecule has 0 aromatic carbocycles. The summed E-state index contributed by atoms with van der Waals surface area (Å²) in [6, 6.07) is 0. The van der Waals surface area contributed by atoms with Gasteiger partial charge in [-0.3, -0.25) is 17.8 Å².